The van der Waals surface area contributed by atoms with Crippen LogP contribution in [-0.2, 0) is 0 Å². The van der Waals surface area contributed by atoms with Crippen LogP contribution in [0.1, 0.15) is 10.4 Å². The number of phenols is 1. The van der Waals surface area contributed by atoms with Crippen LogP contribution in [0.3, 0.4) is 0 Å². The highest BCUT2D eigenvalue weighted by Gasteiger charge is 2.08. The Morgan fingerprint density at radius 3 is 2.64 bits per heavy atom. The molecule has 1 aromatic carbocycles. The molecule has 0 spiro atoms. The van der Waals surface area contributed by atoms with E-state index >= 15 is 0 Å². The molecule has 0 aliphatic carbocycles. The Bertz CT molecular complexity index is 298. The zero-order chi connectivity index (χ0) is 8.43. The third-order valence-corrected chi connectivity index (χ3v) is 1.89. The summed E-state index contributed by atoms with van der Waals surface area (Å²) in [7, 11) is 0. The lowest BCUT2D eigenvalue weighted by Crippen LogP contribution is -2.10. The highest BCUT2D eigenvalue weighted by molar-refractivity contribution is 9.10. The van der Waals surface area contributed by atoms with Gasteiger partial charge in [0.05, 0.1) is 10.0 Å². The molecule has 1 rings (SSSR count). The predicted octanol–water partition coefficient (Wildman–Crippen LogP) is 1.25. The van der Waals surface area contributed by atoms with Crippen molar-refractivity contribution in [3.8, 4) is 5.75 Å². The van der Waals surface area contributed by atoms with Gasteiger partial charge in [-0.3, -0.25) is 4.79 Å². The first-order valence-corrected chi connectivity index (χ1v) is 3.69. The third kappa shape index (κ3) is 1.51. The SMILES string of the molecule is NC(=O)c1cccc(Br)c1O. The number of nitrogens with two attached hydrogens (primary N) is 1. The second-order valence-corrected chi connectivity index (χ2v) is 2.85. The molecule has 0 atom stereocenters. The van der Waals surface area contributed by atoms with E-state index in [1.165, 1.54) is 6.07 Å². The summed E-state index contributed by atoms with van der Waals surface area (Å²) in [5, 5.41) is 9.22. The van der Waals surface area contributed by atoms with E-state index in [-0.39, 0.29) is 11.3 Å². The van der Waals surface area contributed by atoms with Crippen LogP contribution in [0, 0.1) is 0 Å². The molecule has 3 nitrogen and oxygen atoms in total. The first-order chi connectivity index (χ1) is 5.13. The molecule has 0 unspecified atom stereocenters. The van der Waals surface area contributed by atoms with Crippen LogP contribution in [0.4, 0.5) is 0 Å². The van der Waals surface area contributed by atoms with E-state index in [0.717, 1.165) is 0 Å². The molecule has 0 fully saturated rings. The van der Waals surface area contributed by atoms with Gasteiger partial charge in [-0.15, -0.1) is 0 Å². The smallest absolute Gasteiger partial charge is 0.252 e. The summed E-state index contributed by atoms with van der Waals surface area (Å²) in [6.45, 7) is 0. The Morgan fingerprint density at radius 2 is 2.18 bits per heavy atom. The van der Waals surface area contributed by atoms with Crippen LogP contribution in [-0.4, -0.2) is 11.0 Å². The number of amides is 1. The number of carbonyl (C=O) groups excluding carboxylic acids is 1. The summed E-state index contributed by atoms with van der Waals surface area (Å²) in [6, 6.07) is 4.72. The molecule has 1 amide bonds. The van der Waals surface area contributed by atoms with Gasteiger partial charge in [0, 0.05) is 0 Å². The zero-order valence-electron chi connectivity index (χ0n) is 5.54. The van der Waals surface area contributed by atoms with Crippen LogP contribution < -0.4 is 5.73 Å². The molecule has 58 valence electrons. The summed E-state index contributed by atoms with van der Waals surface area (Å²) in [5.74, 6) is -0.746. The second-order valence-electron chi connectivity index (χ2n) is 2.00. The summed E-state index contributed by atoms with van der Waals surface area (Å²) in [6.07, 6.45) is 0. The Labute approximate surface area is 72.0 Å². The van der Waals surface area contributed by atoms with Crippen molar-refractivity contribution in [1.29, 1.82) is 0 Å². The molecule has 1 aromatic rings. The number of carbonyl (C=O) groups is 1. The number of aromatic hydroxyl groups is 1. The Kier molecular flexibility index (Phi) is 2.14. The van der Waals surface area contributed by atoms with Crippen molar-refractivity contribution < 1.29 is 9.90 Å². The molecule has 0 saturated heterocycles. The minimum absolute atomic E-state index is 0.111. The van der Waals surface area contributed by atoms with Crippen LogP contribution in [0.25, 0.3) is 0 Å². The molecule has 11 heavy (non-hydrogen) atoms. The fourth-order valence-electron chi connectivity index (χ4n) is 0.714. The van der Waals surface area contributed by atoms with E-state index in [4.69, 9.17) is 5.73 Å². The first kappa shape index (κ1) is 8.07. The molecule has 3 N–H and O–H groups in total. The van der Waals surface area contributed by atoms with Crippen LogP contribution in [0.2, 0.25) is 0 Å². The van der Waals surface area contributed by atoms with Gasteiger partial charge in [-0.25, -0.2) is 0 Å². The molecule has 0 aliphatic rings. The average molecular weight is 216 g/mol. The lowest BCUT2D eigenvalue weighted by molar-refractivity contribution is 0.0997. The van der Waals surface area contributed by atoms with Crippen LogP contribution in [0.15, 0.2) is 22.7 Å². The molecule has 4 heteroatoms. The first-order valence-electron chi connectivity index (χ1n) is 2.90. The van der Waals surface area contributed by atoms with Gasteiger partial charge < -0.3 is 10.8 Å². The summed E-state index contributed by atoms with van der Waals surface area (Å²) < 4.78 is 0.466. The molecular formula is C7H6BrNO2. The van der Waals surface area contributed by atoms with E-state index in [9.17, 15) is 9.90 Å². The van der Waals surface area contributed by atoms with Gasteiger partial charge in [-0.05, 0) is 28.1 Å². The molecule has 0 radical (unpaired) electrons. The van der Waals surface area contributed by atoms with E-state index < -0.39 is 5.91 Å². The number of benzene rings is 1. The quantitative estimate of drug-likeness (QED) is 0.741. The summed E-state index contributed by atoms with van der Waals surface area (Å²) in [5.41, 5.74) is 5.09. The molecule has 0 heterocycles. The van der Waals surface area contributed by atoms with Gasteiger partial charge in [-0.1, -0.05) is 6.07 Å². The van der Waals surface area contributed by atoms with E-state index in [0.29, 0.717) is 4.47 Å². The van der Waals surface area contributed by atoms with Crippen molar-refractivity contribution >= 4 is 21.8 Å². The van der Waals surface area contributed by atoms with E-state index in [1.54, 1.807) is 12.1 Å². The zero-order valence-corrected chi connectivity index (χ0v) is 7.13. The number of halogens is 1. The minimum atomic E-state index is -0.635. The van der Waals surface area contributed by atoms with Gasteiger partial charge >= 0.3 is 0 Å². The number of primary amides is 1. The monoisotopic (exact) mass is 215 g/mol. The lowest BCUT2D eigenvalue weighted by atomic mass is 10.2. The summed E-state index contributed by atoms with van der Waals surface area (Å²) in [4.78, 5) is 10.6. The molecule has 0 saturated carbocycles. The van der Waals surface area contributed by atoms with E-state index in [2.05, 4.69) is 15.9 Å². The standard InChI is InChI=1S/C7H6BrNO2/c8-5-3-1-2-4(6(5)10)7(9)11/h1-3,10H,(H2,9,11). The largest absolute Gasteiger partial charge is 0.506 e. The van der Waals surface area contributed by atoms with Crippen LogP contribution >= 0.6 is 15.9 Å². The van der Waals surface area contributed by atoms with E-state index in [1.807, 2.05) is 0 Å². The molecule has 0 bridgehead atoms. The molecule has 0 aliphatic heterocycles. The molecule has 0 aromatic heterocycles. The van der Waals surface area contributed by atoms with Gasteiger partial charge in [0.15, 0.2) is 0 Å². The van der Waals surface area contributed by atoms with Crippen molar-refractivity contribution in [1.82, 2.24) is 0 Å². The maximum Gasteiger partial charge on any atom is 0.252 e. The number of hydrogen-bond donors (Lipinski definition) is 2. The highest BCUT2D eigenvalue weighted by atomic mass is 79.9. The van der Waals surface area contributed by atoms with Gasteiger partial charge in [0.25, 0.3) is 5.91 Å². The normalized spacial score (nSPS) is 9.55. The molecular weight excluding hydrogens is 210 g/mol. The average Bonchev–Trinajstić information content (AvgIpc) is 1.94. The summed E-state index contributed by atoms with van der Waals surface area (Å²) >= 11 is 3.06. The highest BCUT2D eigenvalue weighted by Crippen LogP contribution is 2.26. The van der Waals surface area contributed by atoms with Crippen molar-refractivity contribution in [2.45, 2.75) is 0 Å². The lowest BCUT2D eigenvalue weighted by Gasteiger charge is -2.00. The maximum atomic E-state index is 10.6. The number of para-hydroxylation sites is 1. The van der Waals surface area contributed by atoms with Gasteiger partial charge in [0.2, 0.25) is 0 Å². The Hall–Kier alpha value is -1.03. The Morgan fingerprint density at radius 1 is 1.55 bits per heavy atom. The van der Waals surface area contributed by atoms with Gasteiger partial charge in [0.1, 0.15) is 5.75 Å². The maximum absolute atomic E-state index is 10.6. The third-order valence-electron chi connectivity index (χ3n) is 1.25. The Balaban J connectivity index is 3.27. The van der Waals surface area contributed by atoms with Crippen molar-refractivity contribution in [2.75, 3.05) is 0 Å². The van der Waals surface area contributed by atoms with Crippen LogP contribution in [0.5, 0.6) is 5.75 Å². The van der Waals surface area contributed by atoms with Gasteiger partial charge in [-0.2, -0.15) is 0 Å². The number of rotatable bonds is 1. The fraction of sp³-hybridized carbons (Fsp3) is 0. The van der Waals surface area contributed by atoms with Crippen molar-refractivity contribution in [3.05, 3.63) is 28.2 Å². The minimum Gasteiger partial charge on any atom is -0.506 e. The topological polar surface area (TPSA) is 63.3 Å². The second kappa shape index (κ2) is 2.92. The van der Waals surface area contributed by atoms with Crippen molar-refractivity contribution in [3.63, 3.8) is 0 Å². The van der Waals surface area contributed by atoms with Crippen molar-refractivity contribution in [2.24, 2.45) is 5.73 Å². The number of hydrogen-bond acceptors (Lipinski definition) is 2. The fourth-order valence-corrected chi connectivity index (χ4v) is 1.08. The predicted molar refractivity (Wildman–Crippen MR) is 44.3 cm³/mol.